The van der Waals surface area contributed by atoms with Gasteiger partial charge in [-0.25, -0.2) is 4.68 Å². The van der Waals surface area contributed by atoms with E-state index < -0.39 is 0 Å². The Kier molecular flexibility index (Phi) is 6.23. The Bertz CT molecular complexity index is 1160. The van der Waals surface area contributed by atoms with Gasteiger partial charge >= 0.3 is 0 Å². The predicted molar refractivity (Wildman–Crippen MR) is 120 cm³/mol. The molecule has 4 rings (SSSR count). The molecular formula is C22H21N5O3S. The van der Waals surface area contributed by atoms with E-state index in [1.807, 2.05) is 64.2 Å². The molecule has 0 saturated heterocycles. The number of amides is 1. The van der Waals surface area contributed by atoms with Crippen LogP contribution >= 0.6 is 11.8 Å². The molecule has 1 N–H and O–H groups in total. The smallest absolute Gasteiger partial charge is 0.234 e. The number of anilines is 1. The number of carbonyl (C=O) groups excluding carboxylic acids is 1. The minimum Gasteiger partial charge on any atom is -0.497 e. The number of methoxy groups -OCH3 is 2. The van der Waals surface area contributed by atoms with Crippen molar-refractivity contribution in [1.29, 1.82) is 0 Å². The maximum atomic E-state index is 12.6. The lowest BCUT2D eigenvalue weighted by atomic mass is 10.2. The Morgan fingerprint density at radius 3 is 2.48 bits per heavy atom. The van der Waals surface area contributed by atoms with Gasteiger partial charge in [-0.2, -0.15) is 0 Å². The summed E-state index contributed by atoms with van der Waals surface area (Å²) in [7, 11) is 3.12. The number of nitrogens with one attached hydrogen (secondary N) is 1. The van der Waals surface area contributed by atoms with E-state index in [0.29, 0.717) is 28.2 Å². The van der Waals surface area contributed by atoms with Gasteiger partial charge in [0, 0.05) is 24.0 Å². The monoisotopic (exact) mass is 435 g/mol. The largest absolute Gasteiger partial charge is 0.497 e. The first-order chi connectivity index (χ1) is 15.2. The lowest BCUT2D eigenvalue weighted by Gasteiger charge is -2.12. The quantitative estimate of drug-likeness (QED) is 0.424. The van der Waals surface area contributed by atoms with Crippen molar-refractivity contribution in [2.75, 3.05) is 25.3 Å². The zero-order valence-corrected chi connectivity index (χ0v) is 17.9. The minimum atomic E-state index is -0.184. The highest BCUT2D eigenvalue weighted by molar-refractivity contribution is 7.99. The van der Waals surface area contributed by atoms with Gasteiger partial charge in [-0.15, -0.1) is 10.2 Å². The number of hydrogen-bond donors (Lipinski definition) is 1. The molecule has 0 aliphatic heterocycles. The van der Waals surface area contributed by atoms with Crippen molar-refractivity contribution in [3.63, 3.8) is 0 Å². The van der Waals surface area contributed by atoms with Gasteiger partial charge in [-0.3, -0.25) is 9.47 Å². The fraction of sp³-hybridized carbons (Fsp3) is 0.136. The van der Waals surface area contributed by atoms with Crippen LogP contribution in [0.2, 0.25) is 0 Å². The van der Waals surface area contributed by atoms with Crippen molar-refractivity contribution < 1.29 is 14.3 Å². The molecule has 0 radical (unpaired) electrons. The van der Waals surface area contributed by atoms with E-state index in [4.69, 9.17) is 9.47 Å². The van der Waals surface area contributed by atoms with Crippen molar-refractivity contribution >= 4 is 23.4 Å². The van der Waals surface area contributed by atoms with Gasteiger partial charge in [0.2, 0.25) is 11.1 Å². The molecule has 158 valence electrons. The van der Waals surface area contributed by atoms with Crippen LogP contribution in [0.5, 0.6) is 11.5 Å². The summed E-state index contributed by atoms with van der Waals surface area (Å²) in [5.41, 5.74) is 1.51. The molecule has 0 fully saturated rings. The summed E-state index contributed by atoms with van der Waals surface area (Å²) in [5, 5.41) is 12.1. The van der Waals surface area contributed by atoms with Crippen LogP contribution in [0.25, 0.3) is 11.4 Å². The molecule has 4 aromatic rings. The van der Waals surface area contributed by atoms with Crippen molar-refractivity contribution in [2.45, 2.75) is 5.16 Å². The molecule has 8 nitrogen and oxygen atoms in total. The maximum Gasteiger partial charge on any atom is 0.234 e. The molecule has 2 aromatic heterocycles. The first-order valence-corrected chi connectivity index (χ1v) is 10.5. The molecule has 0 aliphatic carbocycles. The second kappa shape index (κ2) is 9.40. The third-order valence-electron chi connectivity index (χ3n) is 4.48. The SMILES string of the molecule is COc1ccc(NC(=O)CSc2nnc(-c3ccccc3)n2-n2cccc2)c(OC)c1. The summed E-state index contributed by atoms with van der Waals surface area (Å²) in [6.07, 6.45) is 3.81. The number of rotatable bonds is 8. The van der Waals surface area contributed by atoms with Crippen molar-refractivity contribution in [3.05, 3.63) is 73.1 Å². The van der Waals surface area contributed by atoms with E-state index in [0.717, 1.165) is 5.56 Å². The Labute approximate surface area is 183 Å². The van der Waals surface area contributed by atoms with Gasteiger partial charge in [-0.05, 0) is 24.3 Å². The minimum absolute atomic E-state index is 0.156. The standard InChI is InChI=1S/C22H21N5O3S/c1-29-17-10-11-18(19(14-17)30-2)23-20(28)15-31-22-25-24-21(16-8-4-3-5-9-16)27(22)26-12-6-7-13-26/h3-14H,15H2,1-2H3,(H,23,28). The van der Waals surface area contributed by atoms with Crippen LogP contribution in [0.15, 0.2) is 78.2 Å². The molecule has 2 heterocycles. The van der Waals surface area contributed by atoms with Crippen molar-refractivity contribution in [2.24, 2.45) is 0 Å². The van der Waals surface area contributed by atoms with E-state index in [1.165, 1.54) is 11.8 Å². The Balaban J connectivity index is 1.53. The third kappa shape index (κ3) is 4.56. The van der Waals surface area contributed by atoms with Crippen LogP contribution in [-0.4, -0.2) is 45.4 Å². The summed E-state index contributed by atoms with van der Waals surface area (Å²) >= 11 is 1.30. The molecule has 1 amide bonds. The zero-order chi connectivity index (χ0) is 21.6. The summed E-state index contributed by atoms with van der Waals surface area (Å²) in [6, 6.07) is 18.9. The molecular weight excluding hydrogens is 414 g/mol. The molecule has 0 bridgehead atoms. The van der Waals surface area contributed by atoms with Crippen LogP contribution in [-0.2, 0) is 4.79 Å². The van der Waals surface area contributed by atoms with Gasteiger partial charge in [0.25, 0.3) is 0 Å². The highest BCUT2D eigenvalue weighted by Crippen LogP contribution is 2.30. The first-order valence-electron chi connectivity index (χ1n) is 9.48. The molecule has 0 unspecified atom stereocenters. The third-order valence-corrected chi connectivity index (χ3v) is 5.40. The second-order valence-corrected chi connectivity index (χ2v) is 7.39. The van der Waals surface area contributed by atoms with E-state index in [1.54, 1.807) is 32.4 Å². The molecule has 0 spiro atoms. The summed E-state index contributed by atoms with van der Waals surface area (Å²) < 4.78 is 14.3. The lowest BCUT2D eigenvalue weighted by Crippen LogP contribution is -2.16. The number of hydrogen-bond acceptors (Lipinski definition) is 6. The average molecular weight is 436 g/mol. The van der Waals surface area contributed by atoms with Gasteiger partial charge in [0.1, 0.15) is 11.5 Å². The second-order valence-electron chi connectivity index (χ2n) is 6.45. The molecule has 0 saturated carbocycles. The van der Waals surface area contributed by atoms with Crippen molar-refractivity contribution in [1.82, 2.24) is 19.5 Å². The normalized spacial score (nSPS) is 10.6. The average Bonchev–Trinajstić information content (AvgIpc) is 3.48. The fourth-order valence-corrected chi connectivity index (χ4v) is 3.74. The summed E-state index contributed by atoms with van der Waals surface area (Å²) in [6.45, 7) is 0. The zero-order valence-electron chi connectivity index (χ0n) is 17.1. The van der Waals surface area contributed by atoms with E-state index in [-0.39, 0.29) is 11.7 Å². The molecule has 31 heavy (non-hydrogen) atoms. The Morgan fingerprint density at radius 1 is 1.00 bits per heavy atom. The van der Waals surface area contributed by atoms with Gasteiger partial charge in [-0.1, -0.05) is 42.1 Å². The lowest BCUT2D eigenvalue weighted by molar-refractivity contribution is -0.113. The molecule has 9 heteroatoms. The fourth-order valence-electron chi connectivity index (χ4n) is 3.01. The van der Waals surface area contributed by atoms with Crippen LogP contribution in [0.1, 0.15) is 0 Å². The highest BCUT2D eigenvalue weighted by Gasteiger charge is 2.17. The number of benzene rings is 2. The molecule has 0 atom stereocenters. The van der Waals surface area contributed by atoms with Crippen molar-refractivity contribution in [3.8, 4) is 22.9 Å². The Hall–Kier alpha value is -3.72. The van der Waals surface area contributed by atoms with E-state index >= 15 is 0 Å². The van der Waals surface area contributed by atoms with Gasteiger partial charge in [0.15, 0.2) is 5.82 Å². The summed E-state index contributed by atoms with van der Waals surface area (Å²) in [5.74, 6) is 1.84. The van der Waals surface area contributed by atoms with Gasteiger partial charge in [0.05, 0.1) is 25.7 Å². The number of nitrogens with zero attached hydrogens (tertiary/aromatic N) is 4. The molecule has 0 aliphatic rings. The van der Waals surface area contributed by atoms with E-state index in [2.05, 4.69) is 15.5 Å². The summed E-state index contributed by atoms with van der Waals surface area (Å²) in [4.78, 5) is 12.6. The predicted octanol–water partition coefficient (Wildman–Crippen LogP) is 3.81. The van der Waals surface area contributed by atoms with Crippen LogP contribution in [0.3, 0.4) is 0 Å². The maximum absolute atomic E-state index is 12.6. The topological polar surface area (TPSA) is 83.2 Å². The van der Waals surface area contributed by atoms with Gasteiger partial charge < -0.3 is 14.8 Å². The number of thioether (sulfide) groups is 1. The first kappa shape index (κ1) is 20.5. The van der Waals surface area contributed by atoms with Crippen LogP contribution < -0.4 is 14.8 Å². The van der Waals surface area contributed by atoms with Crippen LogP contribution in [0.4, 0.5) is 5.69 Å². The van der Waals surface area contributed by atoms with Crippen LogP contribution in [0, 0.1) is 0 Å². The highest BCUT2D eigenvalue weighted by atomic mass is 32.2. The Morgan fingerprint density at radius 2 is 1.77 bits per heavy atom. The molecule has 2 aromatic carbocycles. The number of carbonyl (C=O) groups is 1. The number of ether oxygens (including phenoxy) is 2. The van der Waals surface area contributed by atoms with E-state index in [9.17, 15) is 4.79 Å². The number of aromatic nitrogens is 4.